The monoisotopic (exact) mass is 305 g/mol. The molecule has 102 valence electrons. The number of nitrogens with one attached hydrogen (secondary N) is 1. The summed E-state index contributed by atoms with van der Waals surface area (Å²) in [5.74, 6) is -0.188. The highest BCUT2D eigenvalue weighted by molar-refractivity contribution is 6.35. The van der Waals surface area contributed by atoms with Crippen molar-refractivity contribution in [1.82, 2.24) is 0 Å². The van der Waals surface area contributed by atoms with E-state index in [-0.39, 0.29) is 5.91 Å². The van der Waals surface area contributed by atoms with Gasteiger partial charge in [-0.25, -0.2) is 0 Å². The second-order valence-electron chi connectivity index (χ2n) is 4.35. The van der Waals surface area contributed by atoms with Crippen molar-refractivity contribution in [2.45, 2.75) is 6.92 Å². The van der Waals surface area contributed by atoms with Gasteiger partial charge in [-0.05, 0) is 36.8 Å². The van der Waals surface area contributed by atoms with Crippen LogP contribution in [0.3, 0.4) is 0 Å². The lowest BCUT2D eigenvalue weighted by atomic mass is 10.1. The molecule has 0 radical (unpaired) electrons. The van der Waals surface area contributed by atoms with Crippen LogP contribution >= 0.6 is 23.2 Å². The van der Waals surface area contributed by atoms with Gasteiger partial charge in [0.1, 0.15) is 0 Å². The van der Waals surface area contributed by atoms with E-state index in [1.807, 2.05) is 36.4 Å². The van der Waals surface area contributed by atoms with Gasteiger partial charge in [-0.3, -0.25) is 4.79 Å². The maximum Gasteiger partial charge on any atom is 0.251 e. The Morgan fingerprint density at radius 1 is 1.05 bits per heavy atom. The van der Waals surface area contributed by atoms with Gasteiger partial charge in [0.05, 0.1) is 0 Å². The van der Waals surface area contributed by atoms with Crippen LogP contribution in [0.4, 0.5) is 5.69 Å². The molecule has 2 aromatic carbocycles. The van der Waals surface area contributed by atoms with Crippen LogP contribution in [0.1, 0.15) is 12.5 Å². The van der Waals surface area contributed by atoms with Gasteiger partial charge in [-0.15, -0.1) is 0 Å². The summed E-state index contributed by atoms with van der Waals surface area (Å²) in [6.45, 7) is 1.76. The second kappa shape index (κ2) is 6.60. The number of anilines is 1. The zero-order valence-corrected chi connectivity index (χ0v) is 12.4. The first-order chi connectivity index (χ1) is 9.54. The average Bonchev–Trinajstić information content (AvgIpc) is 2.38. The minimum Gasteiger partial charge on any atom is -0.322 e. The molecule has 0 atom stereocenters. The van der Waals surface area contributed by atoms with Crippen molar-refractivity contribution in [2.75, 3.05) is 5.32 Å². The van der Waals surface area contributed by atoms with Gasteiger partial charge in [0.25, 0.3) is 5.91 Å². The Bertz CT molecular complexity index is 631. The molecule has 2 rings (SSSR count). The van der Waals surface area contributed by atoms with Gasteiger partial charge < -0.3 is 5.32 Å². The van der Waals surface area contributed by atoms with Gasteiger partial charge in [0.15, 0.2) is 0 Å². The molecule has 2 nitrogen and oxygen atoms in total. The average molecular weight is 306 g/mol. The highest BCUT2D eigenvalue weighted by Crippen LogP contribution is 2.22. The van der Waals surface area contributed by atoms with Crippen LogP contribution in [-0.2, 0) is 4.79 Å². The topological polar surface area (TPSA) is 29.1 Å². The quantitative estimate of drug-likeness (QED) is 0.791. The Labute approximate surface area is 128 Å². The Hall–Kier alpha value is -1.77. The smallest absolute Gasteiger partial charge is 0.251 e. The third-order valence-corrected chi connectivity index (χ3v) is 3.10. The minimum atomic E-state index is -0.188. The molecule has 2 aromatic rings. The molecule has 0 saturated carbocycles. The fourth-order valence-electron chi connectivity index (χ4n) is 1.72. The number of benzene rings is 2. The molecular weight excluding hydrogens is 293 g/mol. The van der Waals surface area contributed by atoms with Crippen molar-refractivity contribution in [3.05, 3.63) is 69.7 Å². The first-order valence-electron chi connectivity index (χ1n) is 6.05. The van der Waals surface area contributed by atoms with Gasteiger partial charge in [0.2, 0.25) is 0 Å². The number of carbonyl (C=O) groups excluding carboxylic acids is 1. The predicted octanol–water partition coefficient (Wildman–Crippen LogP) is 5.04. The van der Waals surface area contributed by atoms with Crippen molar-refractivity contribution in [3.8, 4) is 0 Å². The molecule has 0 aliphatic rings. The molecule has 0 spiro atoms. The van der Waals surface area contributed by atoms with E-state index in [4.69, 9.17) is 23.2 Å². The molecule has 1 amide bonds. The van der Waals surface area contributed by atoms with Crippen molar-refractivity contribution in [1.29, 1.82) is 0 Å². The lowest BCUT2D eigenvalue weighted by Crippen LogP contribution is -2.12. The molecule has 0 heterocycles. The van der Waals surface area contributed by atoms with Crippen LogP contribution < -0.4 is 5.32 Å². The van der Waals surface area contributed by atoms with E-state index in [0.29, 0.717) is 21.3 Å². The molecule has 20 heavy (non-hydrogen) atoms. The maximum atomic E-state index is 12.1. The van der Waals surface area contributed by atoms with E-state index in [9.17, 15) is 4.79 Å². The first-order valence-corrected chi connectivity index (χ1v) is 6.81. The van der Waals surface area contributed by atoms with Crippen LogP contribution in [-0.4, -0.2) is 5.91 Å². The number of halogens is 2. The highest BCUT2D eigenvalue weighted by Gasteiger charge is 2.06. The van der Waals surface area contributed by atoms with E-state index < -0.39 is 0 Å². The molecule has 0 aliphatic heterocycles. The summed E-state index contributed by atoms with van der Waals surface area (Å²) in [4.78, 5) is 12.1. The molecular formula is C16H13Cl2NO. The van der Waals surface area contributed by atoms with Gasteiger partial charge in [-0.2, -0.15) is 0 Å². The molecule has 4 heteroatoms. The Kier molecular flexibility index (Phi) is 4.83. The molecule has 1 N–H and O–H groups in total. The molecule has 0 saturated heterocycles. The summed E-state index contributed by atoms with van der Waals surface area (Å²) in [6, 6.07) is 14.6. The molecule has 0 aliphatic carbocycles. The van der Waals surface area contributed by atoms with E-state index in [1.165, 1.54) is 0 Å². The van der Waals surface area contributed by atoms with Crippen molar-refractivity contribution >= 4 is 40.9 Å². The summed E-state index contributed by atoms with van der Waals surface area (Å²) in [7, 11) is 0. The Balaban J connectivity index is 2.13. The minimum absolute atomic E-state index is 0.188. The van der Waals surface area contributed by atoms with Crippen LogP contribution in [0.2, 0.25) is 10.0 Å². The highest BCUT2D eigenvalue weighted by atomic mass is 35.5. The fraction of sp³-hybridized carbons (Fsp3) is 0.0625. The summed E-state index contributed by atoms with van der Waals surface area (Å²) in [6.07, 6.45) is 1.82. The summed E-state index contributed by atoms with van der Waals surface area (Å²) in [5.41, 5.74) is 2.16. The van der Waals surface area contributed by atoms with Gasteiger partial charge in [-0.1, -0.05) is 53.5 Å². The standard InChI is InChI=1S/C16H13Cl2NO/c1-11(7-12-5-3-2-4-6-12)16(20)19-15-9-13(17)8-14(18)10-15/h2-10H,1H3,(H,19,20). The van der Waals surface area contributed by atoms with E-state index in [0.717, 1.165) is 5.56 Å². The third kappa shape index (κ3) is 4.12. The summed E-state index contributed by atoms with van der Waals surface area (Å²) >= 11 is 11.8. The van der Waals surface area contributed by atoms with Crippen LogP contribution in [0, 0.1) is 0 Å². The largest absolute Gasteiger partial charge is 0.322 e. The molecule has 0 unspecified atom stereocenters. The number of amides is 1. The first kappa shape index (κ1) is 14.6. The van der Waals surface area contributed by atoms with Crippen molar-refractivity contribution in [2.24, 2.45) is 0 Å². The molecule has 0 aromatic heterocycles. The normalized spacial score (nSPS) is 11.2. The van der Waals surface area contributed by atoms with Crippen molar-refractivity contribution in [3.63, 3.8) is 0 Å². The lowest BCUT2D eigenvalue weighted by molar-refractivity contribution is -0.112. The van der Waals surface area contributed by atoms with Gasteiger partial charge in [0, 0.05) is 21.3 Å². The maximum absolute atomic E-state index is 12.1. The number of carbonyl (C=O) groups is 1. The SMILES string of the molecule is CC(=Cc1ccccc1)C(=O)Nc1cc(Cl)cc(Cl)c1. The lowest BCUT2D eigenvalue weighted by Gasteiger charge is -2.06. The van der Waals surface area contributed by atoms with Gasteiger partial charge >= 0.3 is 0 Å². The Morgan fingerprint density at radius 3 is 2.25 bits per heavy atom. The number of hydrogen-bond acceptors (Lipinski definition) is 1. The predicted molar refractivity (Wildman–Crippen MR) is 85.2 cm³/mol. The fourth-order valence-corrected chi connectivity index (χ4v) is 2.25. The number of rotatable bonds is 3. The number of hydrogen-bond donors (Lipinski definition) is 1. The molecule has 0 fully saturated rings. The summed E-state index contributed by atoms with van der Waals surface area (Å²) in [5, 5.41) is 3.74. The Morgan fingerprint density at radius 2 is 1.65 bits per heavy atom. The second-order valence-corrected chi connectivity index (χ2v) is 5.22. The zero-order chi connectivity index (χ0) is 14.5. The van der Waals surface area contributed by atoms with Crippen LogP contribution in [0.15, 0.2) is 54.1 Å². The van der Waals surface area contributed by atoms with Crippen LogP contribution in [0.5, 0.6) is 0 Å². The zero-order valence-electron chi connectivity index (χ0n) is 10.9. The van der Waals surface area contributed by atoms with E-state index >= 15 is 0 Å². The van der Waals surface area contributed by atoms with E-state index in [1.54, 1.807) is 25.1 Å². The van der Waals surface area contributed by atoms with Crippen LogP contribution in [0.25, 0.3) is 6.08 Å². The van der Waals surface area contributed by atoms with Crippen molar-refractivity contribution < 1.29 is 4.79 Å². The van der Waals surface area contributed by atoms with E-state index in [2.05, 4.69) is 5.32 Å². The molecule has 0 bridgehead atoms. The third-order valence-electron chi connectivity index (χ3n) is 2.66. The summed E-state index contributed by atoms with van der Waals surface area (Å²) < 4.78 is 0.